The summed E-state index contributed by atoms with van der Waals surface area (Å²) in [5, 5.41) is 5.04. The smallest absolute Gasteiger partial charge is 0.276 e. The van der Waals surface area contributed by atoms with E-state index in [1.165, 1.54) is 10.6 Å². The summed E-state index contributed by atoms with van der Waals surface area (Å²) in [7, 11) is 2.22. The van der Waals surface area contributed by atoms with Crippen molar-refractivity contribution < 1.29 is 18.3 Å². The SMILES string of the molecule is Cn1cc(-c2cc(Br)c3c(ncn3C)c2Oc2ccc(F)cc2F)c2cnn(COCC[Si](C)(C)C)c2c1=O. The van der Waals surface area contributed by atoms with Gasteiger partial charge in [-0.15, -0.1) is 0 Å². The van der Waals surface area contributed by atoms with Gasteiger partial charge in [-0.05, 0) is 40.2 Å². The fraction of sp³-hybridized carbons (Fsp3) is 0.296. The summed E-state index contributed by atoms with van der Waals surface area (Å²) in [4.78, 5) is 17.7. The molecule has 0 aliphatic carbocycles. The van der Waals surface area contributed by atoms with Gasteiger partial charge in [0.15, 0.2) is 17.3 Å². The minimum Gasteiger partial charge on any atom is -0.451 e. The van der Waals surface area contributed by atoms with Gasteiger partial charge in [-0.2, -0.15) is 5.10 Å². The van der Waals surface area contributed by atoms with Gasteiger partial charge in [0, 0.05) is 62.0 Å². The third-order valence-electron chi connectivity index (χ3n) is 6.48. The predicted octanol–water partition coefficient (Wildman–Crippen LogP) is 6.43. The molecule has 0 fully saturated rings. The van der Waals surface area contributed by atoms with Crippen molar-refractivity contribution in [2.24, 2.45) is 14.1 Å². The summed E-state index contributed by atoms with van der Waals surface area (Å²) in [6.07, 6.45) is 4.93. The maximum atomic E-state index is 14.7. The van der Waals surface area contributed by atoms with E-state index in [2.05, 4.69) is 45.7 Å². The molecule has 0 radical (unpaired) electrons. The fourth-order valence-electron chi connectivity index (χ4n) is 4.38. The molecule has 0 spiro atoms. The Balaban J connectivity index is 1.68. The molecule has 39 heavy (non-hydrogen) atoms. The van der Waals surface area contributed by atoms with Crippen molar-refractivity contribution in [3.8, 4) is 22.6 Å². The fourth-order valence-corrected chi connectivity index (χ4v) is 5.83. The van der Waals surface area contributed by atoms with E-state index in [-0.39, 0.29) is 23.8 Å². The topological polar surface area (TPSA) is 76.1 Å². The number of fused-ring (bicyclic) bond motifs is 2. The number of halogens is 3. The van der Waals surface area contributed by atoms with E-state index in [0.29, 0.717) is 34.2 Å². The molecular formula is C27H28BrF2N5O3Si. The Labute approximate surface area is 232 Å². The van der Waals surface area contributed by atoms with E-state index in [1.807, 2.05) is 17.7 Å². The second-order valence-electron chi connectivity index (χ2n) is 10.7. The lowest BCUT2D eigenvalue weighted by atomic mass is 10.0. The van der Waals surface area contributed by atoms with Crippen LogP contribution in [0.3, 0.4) is 0 Å². The molecule has 0 saturated carbocycles. The average Bonchev–Trinajstić information content (AvgIpc) is 3.46. The second-order valence-corrected chi connectivity index (χ2v) is 17.2. The van der Waals surface area contributed by atoms with Gasteiger partial charge < -0.3 is 18.6 Å². The van der Waals surface area contributed by atoms with Crippen LogP contribution in [0.4, 0.5) is 8.78 Å². The number of nitrogens with zero attached hydrogens (tertiary/aromatic N) is 5. The highest BCUT2D eigenvalue weighted by Gasteiger charge is 2.23. The largest absolute Gasteiger partial charge is 0.451 e. The van der Waals surface area contributed by atoms with Crippen molar-refractivity contribution in [1.29, 1.82) is 0 Å². The lowest BCUT2D eigenvalue weighted by Gasteiger charge is -2.16. The number of aryl methyl sites for hydroxylation is 2. The highest BCUT2D eigenvalue weighted by molar-refractivity contribution is 9.10. The van der Waals surface area contributed by atoms with E-state index < -0.39 is 19.7 Å². The maximum Gasteiger partial charge on any atom is 0.276 e. The summed E-state index contributed by atoms with van der Waals surface area (Å²) in [6, 6.07) is 5.96. The molecule has 12 heteroatoms. The molecule has 2 aromatic carbocycles. The van der Waals surface area contributed by atoms with Gasteiger partial charge in [0.25, 0.3) is 5.56 Å². The number of rotatable bonds is 8. The first-order valence-electron chi connectivity index (χ1n) is 12.3. The minimum absolute atomic E-state index is 0.139. The summed E-state index contributed by atoms with van der Waals surface area (Å²) < 4.78 is 45.8. The molecule has 0 bridgehead atoms. The van der Waals surface area contributed by atoms with Crippen molar-refractivity contribution in [3.05, 3.63) is 69.4 Å². The second kappa shape index (κ2) is 10.3. The van der Waals surface area contributed by atoms with E-state index in [4.69, 9.17) is 9.47 Å². The minimum atomic E-state index is -1.27. The lowest BCUT2D eigenvalue weighted by Crippen LogP contribution is -2.23. The molecule has 0 amide bonds. The van der Waals surface area contributed by atoms with Crippen LogP contribution in [0.1, 0.15) is 0 Å². The Bertz CT molecular complexity index is 1770. The third-order valence-corrected chi connectivity index (χ3v) is 8.78. The van der Waals surface area contributed by atoms with Crippen LogP contribution in [0.2, 0.25) is 25.7 Å². The monoisotopic (exact) mass is 615 g/mol. The molecule has 204 valence electrons. The van der Waals surface area contributed by atoms with Crippen molar-refractivity contribution >= 4 is 45.9 Å². The number of imidazole rings is 1. The molecule has 0 saturated heterocycles. The van der Waals surface area contributed by atoms with Crippen LogP contribution >= 0.6 is 15.9 Å². The summed E-state index contributed by atoms with van der Waals surface area (Å²) in [5.41, 5.74) is 2.52. The zero-order valence-electron chi connectivity index (χ0n) is 22.3. The number of benzene rings is 2. The first-order chi connectivity index (χ1) is 18.4. The predicted molar refractivity (Wildman–Crippen MR) is 153 cm³/mol. The first kappa shape index (κ1) is 27.2. The van der Waals surface area contributed by atoms with Crippen molar-refractivity contribution in [2.75, 3.05) is 6.61 Å². The Kier molecular flexibility index (Phi) is 7.20. The molecule has 0 aliphatic rings. The Hall–Kier alpha value is -3.35. The quantitative estimate of drug-likeness (QED) is 0.148. The van der Waals surface area contributed by atoms with Gasteiger partial charge in [0.2, 0.25) is 0 Å². The van der Waals surface area contributed by atoms with E-state index >= 15 is 0 Å². The molecule has 0 N–H and O–H groups in total. The normalized spacial score (nSPS) is 12.1. The van der Waals surface area contributed by atoms with Crippen LogP contribution in [0, 0.1) is 11.6 Å². The summed E-state index contributed by atoms with van der Waals surface area (Å²) in [5.74, 6) is -1.45. The van der Waals surface area contributed by atoms with Crippen LogP contribution in [0.25, 0.3) is 33.1 Å². The van der Waals surface area contributed by atoms with Gasteiger partial charge in [0.1, 0.15) is 23.6 Å². The molecule has 0 unspecified atom stereocenters. The van der Waals surface area contributed by atoms with E-state index in [1.54, 1.807) is 30.5 Å². The molecule has 5 rings (SSSR count). The maximum absolute atomic E-state index is 14.7. The molecule has 8 nitrogen and oxygen atoms in total. The first-order valence-corrected chi connectivity index (χ1v) is 16.8. The standard InChI is InChI=1S/C27H28BrF2N5O3Si/c1-33-13-19(18-12-32-35(24(18)27(33)36)15-37-8-9-39(3,4)5)17-11-20(28)25-23(31-14-34(25)2)26(17)38-22-7-6-16(29)10-21(22)30/h6-7,10-14H,8-9,15H2,1-5H3. The number of hydrogen-bond donors (Lipinski definition) is 0. The molecule has 0 atom stereocenters. The summed E-state index contributed by atoms with van der Waals surface area (Å²) in [6.45, 7) is 7.54. The van der Waals surface area contributed by atoms with Crippen LogP contribution in [-0.2, 0) is 25.6 Å². The van der Waals surface area contributed by atoms with Crippen LogP contribution in [0.15, 0.2) is 52.3 Å². The van der Waals surface area contributed by atoms with Crippen molar-refractivity contribution in [2.45, 2.75) is 32.4 Å². The highest BCUT2D eigenvalue weighted by atomic mass is 79.9. The van der Waals surface area contributed by atoms with Crippen LogP contribution in [-0.4, -0.2) is 38.6 Å². The van der Waals surface area contributed by atoms with Gasteiger partial charge in [-0.1, -0.05) is 19.6 Å². The highest BCUT2D eigenvalue weighted by Crippen LogP contribution is 2.44. The van der Waals surface area contributed by atoms with Gasteiger partial charge in [-0.25, -0.2) is 18.4 Å². The number of aromatic nitrogens is 5. The van der Waals surface area contributed by atoms with Crippen molar-refractivity contribution in [1.82, 2.24) is 23.9 Å². The zero-order valence-corrected chi connectivity index (χ0v) is 24.8. The number of ether oxygens (including phenoxy) is 2. The van der Waals surface area contributed by atoms with Gasteiger partial charge >= 0.3 is 0 Å². The van der Waals surface area contributed by atoms with E-state index in [0.717, 1.165) is 28.2 Å². The summed E-state index contributed by atoms with van der Waals surface area (Å²) >= 11 is 3.63. The number of hydrogen-bond acceptors (Lipinski definition) is 5. The zero-order chi connectivity index (χ0) is 28.1. The lowest BCUT2D eigenvalue weighted by molar-refractivity contribution is 0.0815. The molecule has 5 aromatic rings. The van der Waals surface area contributed by atoms with Crippen LogP contribution in [0.5, 0.6) is 11.5 Å². The van der Waals surface area contributed by atoms with E-state index in [9.17, 15) is 13.6 Å². The molecular weight excluding hydrogens is 588 g/mol. The number of pyridine rings is 1. The Morgan fingerprint density at radius 1 is 1.05 bits per heavy atom. The van der Waals surface area contributed by atoms with Crippen LogP contribution < -0.4 is 10.3 Å². The molecule has 3 heterocycles. The Morgan fingerprint density at radius 2 is 1.82 bits per heavy atom. The Morgan fingerprint density at radius 3 is 2.54 bits per heavy atom. The molecule has 0 aliphatic heterocycles. The van der Waals surface area contributed by atoms with Crippen molar-refractivity contribution in [3.63, 3.8) is 0 Å². The van der Waals surface area contributed by atoms with Gasteiger partial charge in [-0.3, -0.25) is 4.79 Å². The van der Waals surface area contributed by atoms with Gasteiger partial charge in [0.05, 0.1) is 18.0 Å². The average molecular weight is 617 g/mol. The molecule has 3 aromatic heterocycles. The third kappa shape index (κ3) is 5.28.